The highest BCUT2D eigenvalue weighted by Crippen LogP contribution is 1.97. The Labute approximate surface area is 54.7 Å². The fraction of sp³-hybridized carbons (Fsp3) is 0.500. The Bertz CT molecular complexity index is 131. The van der Waals surface area contributed by atoms with Crippen LogP contribution in [-0.4, -0.2) is 11.9 Å². The van der Waals surface area contributed by atoms with E-state index >= 15 is 0 Å². The molecular formula is C6H12N2O. The molecule has 0 saturated carbocycles. The first-order valence-corrected chi connectivity index (χ1v) is 2.73. The topological polar surface area (TPSA) is 69.1 Å². The molecule has 0 aromatic carbocycles. The lowest BCUT2D eigenvalue weighted by Gasteiger charge is -2.06. The largest absolute Gasteiger partial charge is 0.370 e. The summed E-state index contributed by atoms with van der Waals surface area (Å²) in [5.74, 6) is -0.384. The van der Waals surface area contributed by atoms with E-state index in [1.54, 1.807) is 6.92 Å². The minimum Gasteiger partial charge on any atom is -0.370 e. The van der Waals surface area contributed by atoms with Crippen LogP contribution in [0.1, 0.15) is 13.3 Å². The molecule has 0 aromatic rings. The molecule has 0 unspecified atom stereocenters. The lowest BCUT2D eigenvalue weighted by Crippen LogP contribution is -2.27. The van der Waals surface area contributed by atoms with Crippen LogP contribution >= 0.6 is 0 Å². The van der Waals surface area contributed by atoms with Gasteiger partial charge in [0.05, 0.1) is 0 Å². The Morgan fingerprint density at radius 1 is 1.78 bits per heavy atom. The third-order valence-corrected chi connectivity index (χ3v) is 1.05. The van der Waals surface area contributed by atoms with Crippen molar-refractivity contribution in [3.05, 3.63) is 12.2 Å². The van der Waals surface area contributed by atoms with Crippen LogP contribution < -0.4 is 11.5 Å². The molecule has 0 spiro atoms. The van der Waals surface area contributed by atoms with E-state index in [-0.39, 0.29) is 18.4 Å². The van der Waals surface area contributed by atoms with Crippen LogP contribution in [0.2, 0.25) is 0 Å². The Hall–Kier alpha value is -0.830. The summed E-state index contributed by atoms with van der Waals surface area (Å²) >= 11 is 0. The molecule has 1 atom stereocenters. The number of nitrogens with two attached hydrogens (primary N) is 2. The van der Waals surface area contributed by atoms with Crippen molar-refractivity contribution in [3.63, 3.8) is 0 Å². The predicted octanol–water partition coefficient (Wildman–Crippen LogP) is -0.235. The van der Waals surface area contributed by atoms with Crippen molar-refractivity contribution in [2.75, 3.05) is 0 Å². The molecule has 0 heterocycles. The van der Waals surface area contributed by atoms with E-state index in [1.165, 1.54) is 0 Å². The fourth-order valence-electron chi connectivity index (χ4n) is 0.391. The summed E-state index contributed by atoms with van der Waals surface area (Å²) in [4.78, 5) is 10.2. The molecule has 3 heteroatoms. The highest BCUT2D eigenvalue weighted by Gasteiger charge is 2.04. The van der Waals surface area contributed by atoms with Crippen LogP contribution in [0, 0.1) is 0 Å². The van der Waals surface area contributed by atoms with Crippen LogP contribution in [-0.2, 0) is 4.79 Å². The Balaban J connectivity index is 3.63. The molecule has 3 nitrogen and oxygen atoms in total. The van der Waals surface area contributed by atoms with Crippen molar-refractivity contribution in [1.29, 1.82) is 0 Å². The number of amides is 1. The zero-order chi connectivity index (χ0) is 7.44. The van der Waals surface area contributed by atoms with Gasteiger partial charge in [0.1, 0.15) is 0 Å². The summed E-state index contributed by atoms with van der Waals surface area (Å²) in [6.07, 6.45) is 0.190. The zero-order valence-corrected chi connectivity index (χ0v) is 5.55. The van der Waals surface area contributed by atoms with Crippen molar-refractivity contribution >= 4 is 5.91 Å². The number of rotatable bonds is 3. The standard InChI is InChI=1S/C6H12N2O/c1-4(2)5(7)3-6(8)9/h5H,1,3,7H2,2H3,(H2,8,9)/t5-/m0/s1. The second-order valence-corrected chi connectivity index (χ2v) is 2.12. The van der Waals surface area contributed by atoms with Gasteiger partial charge in [0.25, 0.3) is 0 Å². The van der Waals surface area contributed by atoms with E-state index < -0.39 is 0 Å². The molecule has 0 saturated heterocycles. The van der Waals surface area contributed by atoms with Gasteiger partial charge >= 0.3 is 0 Å². The lowest BCUT2D eigenvalue weighted by molar-refractivity contribution is -0.118. The monoisotopic (exact) mass is 128 g/mol. The van der Waals surface area contributed by atoms with Crippen LogP contribution in [0.25, 0.3) is 0 Å². The highest BCUT2D eigenvalue weighted by molar-refractivity contribution is 5.74. The molecule has 0 aromatic heterocycles. The Kier molecular flexibility index (Phi) is 2.95. The summed E-state index contributed by atoms with van der Waals surface area (Å²) in [7, 11) is 0. The first-order chi connectivity index (χ1) is 4.04. The van der Waals surface area contributed by atoms with Crippen LogP contribution in [0.4, 0.5) is 0 Å². The summed E-state index contributed by atoms with van der Waals surface area (Å²) in [5.41, 5.74) is 11.1. The van der Waals surface area contributed by atoms with Crippen molar-refractivity contribution in [2.24, 2.45) is 11.5 Å². The van der Waals surface area contributed by atoms with Crippen LogP contribution in [0.5, 0.6) is 0 Å². The second-order valence-electron chi connectivity index (χ2n) is 2.12. The molecule has 0 bridgehead atoms. The molecule has 0 aliphatic carbocycles. The summed E-state index contributed by atoms with van der Waals surface area (Å²) in [5, 5.41) is 0. The van der Waals surface area contributed by atoms with E-state index in [0.717, 1.165) is 5.57 Å². The number of carbonyl (C=O) groups excluding carboxylic acids is 1. The maximum absolute atomic E-state index is 10.2. The summed E-state index contributed by atoms with van der Waals surface area (Å²) in [6.45, 7) is 5.35. The molecule has 0 rings (SSSR count). The number of carbonyl (C=O) groups is 1. The molecule has 52 valence electrons. The Morgan fingerprint density at radius 2 is 2.22 bits per heavy atom. The molecule has 0 radical (unpaired) electrons. The van der Waals surface area contributed by atoms with Gasteiger partial charge in [-0.2, -0.15) is 0 Å². The Morgan fingerprint density at radius 3 is 2.33 bits per heavy atom. The van der Waals surface area contributed by atoms with Gasteiger partial charge in [-0.1, -0.05) is 12.2 Å². The third-order valence-electron chi connectivity index (χ3n) is 1.05. The quantitative estimate of drug-likeness (QED) is 0.515. The van der Waals surface area contributed by atoms with Gasteiger partial charge in [0.2, 0.25) is 5.91 Å². The van der Waals surface area contributed by atoms with Crippen LogP contribution in [0.3, 0.4) is 0 Å². The van der Waals surface area contributed by atoms with Crippen molar-refractivity contribution in [2.45, 2.75) is 19.4 Å². The molecule has 0 aliphatic rings. The normalized spacial score (nSPS) is 12.7. The van der Waals surface area contributed by atoms with E-state index in [0.29, 0.717) is 0 Å². The first kappa shape index (κ1) is 8.17. The zero-order valence-electron chi connectivity index (χ0n) is 5.55. The second kappa shape index (κ2) is 3.25. The van der Waals surface area contributed by atoms with Crippen molar-refractivity contribution in [1.82, 2.24) is 0 Å². The maximum Gasteiger partial charge on any atom is 0.219 e. The van der Waals surface area contributed by atoms with Gasteiger partial charge in [-0.3, -0.25) is 4.79 Å². The van der Waals surface area contributed by atoms with Gasteiger partial charge in [-0.05, 0) is 6.92 Å². The molecule has 1 amide bonds. The number of hydrogen-bond acceptors (Lipinski definition) is 2. The van der Waals surface area contributed by atoms with Gasteiger partial charge < -0.3 is 11.5 Å². The van der Waals surface area contributed by atoms with Crippen molar-refractivity contribution in [3.8, 4) is 0 Å². The van der Waals surface area contributed by atoms with Crippen LogP contribution in [0.15, 0.2) is 12.2 Å². The number of primary amides is 1. The van der Waals surface area contributed by atoms with E-state index in [4.69, 9.17) is 11.5 Å². The highest BCUT2D eigenvalue weighted by atomic mass is 16.1. The maximum atomic E-state index is 10.2. The summed E-state index contributed by atoms with van der Waals surface area (Å²) < 4.78 is 0. The lowest BCUT2D eigenvalue weighted by atomic mass is 10.1. The molecule has 4 N–H and O–H groups in total. The average Bonchev–Trinajstić information content (AvgIpc) is 1.63. The first-order valence-electron chi connectivity index (χ1n) is 2.73. The minimum absolute atomic E-state index is 0.190. The van der Waals surface area contributed by atoms with Gasteiger partial charge in [-0.15, -0.1) is 0 Å². The van der Waals surface area contributed by atoms with E-state index in [1.807, 2.05) is 0 Å². The smallest absolute Gasteiger partial charge is 0.219 e. The van der Waals surface area contributed by atoms with Gasteiger partial charge in [0.15, 0.2) is 0 Å². The molecule has 0 aliphatic heterocycles. The molecular weight excluding hydrogens is 116 g/mol. The minimum atomic E-state index is -0.384. The fourth-order valence-corrected chi connectivity index (χ4v) is 0.391. The van der Waals surface area contributed by atoms with Gasteiger partial charge in [-0.25, -0.2) is 0 Å². The number of hydrogen-bond donors (Lipinski definition) is 2. The average molecular weight is 128 g/mol. The van der Waals surface area contributed by atoms with E-state index in [2.05, 4.69) is 6.58 Å². The SMILES string of the molecule is C=C(C)[C@@H](N)CC(N)=O. The summed E-state index contributed by atoms with van der Waals surface area (Å²) in [6, 6.07) is -0.275. The molecule has 9 heavy (non-hydrogen) atoms. The predicted molar refractivity (Wildman–Crippen MR) is 36.6 cm³/mol. The van der Waals surface area contributed by atoms with Crippen molar-refractivity contribution < 1.29 is 4.79 Å². The van der Waals surface area contributed by atoms with Gasteiger partial charge in [0, 0.05) is 12.5 Å². The van der Waals surface area contributed by atoms with E-state index in [9.17, 15) is 4.79 Å². The molecule has 0 fully saturated rings. The third kappa shape index (κ3) is 3.73.